The summed E-state index contributed by atoms with van der Waals surface area (Å²) in [6.07, 6.45) is 0. The van der Waals surface area contributed by atoms with E-state index in [1.54, 1.807) is 27.7 Å². The van der Waals surface area contributed by atoms with Gasteiger partial charge in [-0.2, -0.15) is 0 Å². The third-order valence-electron chi connectivity index (χ3n) is 2.00. The van der Waals surface area contributed by atoms with E-state index in [-0.39, 0.29) is 5.92 Å². The Balaban J connectivity index is 4.28. The highest BCUT2D eigenvalue weighted by molar-refractivity contribution is 5.78. The molecule has 0 saturated heterocycles. The van der Waals surface area contributed by atoms with E-state index in [4.69, 9.17) is 9.84 Å². The van der Waals surface area contributed by atoms with E-state index in [0.29, 0.717) is 6.61 Å². The van der Waals surface area contributed by atoms with Crippen molar-refractivity contribution in [3.8, 4) is 0 Å². The zero-order valence-corrected chi connectivity index (χ0v) is 9.61. The van der Waals surface area contributed by atoms with Crippen molar-refractivity contribution < 1.29 is 19.4 Å². The average molecular weight is 217 g/mol. The highest BCUT2D eigenvalue weighted by Gasteiger charge is 2.26. The van der Waals surface area contributed by atoms with Gasteiger partial charge in [-0.25, -0.2) is 0 Å². The first-order chi connectivity index (χ1) is 6.90. The molecule has 2 N–H and O–H groups in total. The van der Waals surface area contributed by atoms with Gasteiger partial charge in [0.15, 0.2) is 0 Å². The fraction of sp³-hybridized carbons (Fsp3) is 0.800. The van der Waals surface area contributed by atoms with E-state index >= 15 is 0 Å². The number of carboxylic acid groups (broad SMARTS) is 1. The second kappa shape index (κ2) is 6.40. The molecule has 0 bridgehead atoms. The minimum atomic E-state index is -0.957. The number of esters is 1. The van der Waals surface area contributed by atoms with Gasteiger partial charge in [-0.15, -0.1) is 0 Å². The Bertz CT molecular complexity index is 227. The van der Waals surface area contributed by atoms with Crippen LogP contribution < -0.4 is 5.32 Å². The molecule has 0 spiro atoms. The minimum absolute atomic E-state index is 0.0839. The van der Waals surface area contributed by atoms with Crippen molar-refractivity contribution in [2.24, 2.45) is 5.92 Å². The summed E-state index contributed by atoms with van der Waals surface area (Å²) in [6.45, 7) is 7.16. The largest absolute Gasteiger partial charge is 0.480 e. The molecule has 0 rings (SSSR count). The molecule has 5 nitrogen and oxygen atoms in total. The number of hydrogen-bond acceptors (Lipinski definition) is 4. The molecule has 0 unspecified atom stereocenters. The van der Waals surface area contributed by atoms with E-state index < -0.39 is 24.0 Å². The molecular weight excluding hydrogens is 198 g/mol. The van der Waals surface area contributed by atoms with Gasteiger partial charge >= 0.3 is 11.9 Å². The minimum Gasteiger partial charge on any atom is -0.480 e. The maximum atomic E-state index is 11.2. The van der Waals surface area contributed by atoms with Gasteiger partial charge in [-0.1, -0.05) is 13.8 Å². The van der Waals surface area contributed by atoms with Crippen molar-refractivity contribution in [2.45, 2.75) is 39.8 Å². The highest BCUT2D eigenvalue weighted by Crippen LogP contribution is 2.03. The van der Waals surface area contributed by atoms with Gasteiger partial charge in [0.25, 0.3) is 0 Å². The van der Waals surface area contributed by atoms with Gasteiger partial charge in [-0.05, 0) is 19.8 Å². The number of carboxylic acids is 1. The smallest absolute Gasteiger partial charge is 0.322 e. The highest BCUT2D eigenvalue weighted by atomic mass is 16.5. The summed E-state index contributed by atoms with van der Waals surface area (Å²) in [5, 5.41) is 11.6. The fourth-order valence-corrected chi connectivity index (χ4v) is 1.15. The molecule has 0 heterocycles. The predicted octanol–water partition coefficient (Wildman–Crippen LogP) is 0.637. The number of rotatable bonds is 6. The van der Waals surface area contributed by atoms with E-state index in [1.165, 1.54) is 0 Å². The molecule has 0 amide bonds. The predicted molar refractivity (Wildman–Crippen MR) is 55.5 cm³/mol. The van der Waals surface area contributed by atoms with Crippen LogP contribution in [0.1, 0.15) is 27.7 Å². The monoisotopic (exact) mass is 217 g/mol. The molecule has 88 valence electrons. The Morgan fingerprint density at radius 1 is 1.33 bits per heavy atom. The number of aliphatic carboxylic acids is 1. The van der Waals surface area contributed by atoms with Crippen molar-refractivity contribution in [3.63, 3.8) is 0 Å². The Morgan fingerprint density at radius 3 is 2.20 bits per heavy atom. The summed E-state index contributed by atoms with van der Waals surface area (Å²) in [5.41, 5.74) is 0. The molecule has 0 radical (unpaired) electrons. The molecule has 0 aliphatic rings. The standard InChI is InChI=1S/C10H19NO4/c1-5-15-10(14)7(4)11-8(6(2)3)9(12)13/h6-8,11H,5H2,1-4H3,(H,12,13)/t7-,8-/m0/s1. The fourth-order valence-electron chi connectivity index (χ4n) is 1.15. The van der Waals surface area contributed by atoms with Crippen LogP contribution in [0, 0.1) is 5.92 Å². The third-order valence-corrected chi connectivity index (χ3v) is 2.00. The van der Waals surface area contributed by atoms with Crippen LogP contribution in [0.3, 0.4) is 0 Å². The van der Waals surface area contributed by atoms with E-state index in [0.717, 1.165) is 0 Å². The zero-order valence-electron chi connectivity index (χ0n) is 9.61. The van der Waals surface area contributed by atoms with Gasteiger partial charge < -0.3 is 9.84 Å². The van der Waals surface area contributed by atoms with Gasteiger partial charge in [0.2, 0.25) is 0 Å². The summed E-state index contributed by atoms with van der Waals surface area (Å²) >= 11 is 0. The quantitative estimate of drug-likeness (QED) is 0.638. The SMILES string of the molecule is CCOC(=O)[C@H](C)N[C@H](C(=O)O)C(C)C. The topological polar surface area (TPSA) is 75.6 Å². The van der Waals surface area contributed by atoms with Gasteiger partial charge in [0.05, 0.1) is 6.61 Å². The first kappa shape index (κ1) is 13.9. The van der Waals surface area contributed by atoms with Gasteiger partial charge in [0.1, 0.15) is 12.1 Å². The van der Waals surface area contributed by atoms with Crippen molar-refractivity contribution >= 4 is 11.9 Å². The molecule has 0 saturated carbocycles. The maximum absolute atomic E-state index is 11.2. The summed E-state index contributed by atoms with van der Waals surface area (Å²) in [4.78, 5) is 22.1. The lowest BCUT2D eigenvalue weighted by atomic mass is 10.0. The van der Waals surface area contributed by atoms with Crippen LogP contribution >= 0.6 is 0 Å². The van der Waals surface area contributed by atoms with Gasteiger partial charge in [-0.3, -0.25) is 14.9 Å². The van der Waals surface area contributed by atoms with Crippen molar-refractivity contribution in [3.05, 3.63) is 0 Å². The molecule has 0 aliphatic heterocycles. The van der Waals surface area contributed by atoms with Gasteiger partial charge in [0, 0.05) is 0 Å². The normalized spacial score (nSPS) is 14.7. The van der Waals surface area contributed by atoms with Crippen LogP contribution in [0.4, 0.5) is 0 Å². The van der Waals surface area contributed by atoms with Crippen molar-refractivity contribution in [1.29, 1.82) is 0 Å². The summed E-state index contributed by atoms with van der Waals surface area (Å²) < 4.78 is 4.77. The number of carbonyl (C=O) groups is 2. The van der Waals surface area contributed by atoms with E-state index in [9.17, 15) is 9.59 Å². The molecule has 0 aromatic carbocycles. The second-order valence-corrected chi connectivity index (χ2v) is 3.70. The Morgan fingerprint density at radius 2 is 1.87 bits per heavy atom. The first-order valence-corrected chi connectivity index (χ1v) is 5.05. The molecule has 15 heavy (non-hydrogen) atoms. The Hall–Kier alpha value is -1.10. The summed E-state index contributed by atoms with van der Waals surface area (Å²) in [7, 11) is 0. The van der Waals surface area contributed by atoms with Crippen molar-refractivity contribution in [2.75, 3.05) is 6.61 Å². The molecular formula is C10H19NO4. The number of ether oxygens (including phenoxy) is 1. The average Bonchev–Trinajstić information content (AvgIpc) is 2.12. The number of nitrogens with one attached hydrogen (secondary N) is 1. The lowest BCUT2D eigenvalue weighted by molar-refractivity contribution is -0.146. The maximum Gasteiger partial charge on any atom is 0.322 e. The van der Waals surface area contributed by atoms with E-state index in [1.807, 2.05) is 0 Å². The zero-order chi connectivity index (χ0) is 12.0. The van der Waals surface area contributed by atoms with Crippen LogP contribution in [0.15, 0.2) is 0 Å². The summed E-state index contributed by atoms with van der Waals surface area (Å²) in [5.74, 6) is -1.47. The summed E-state index contributed by atoms with van der Waals surface area (Å²) in [6, 6.07) is -1.34. The molecule has 0 aromatic heterocycles. The molecule has 0 aromatic rings. The first-order valence-electron chi connectivity index (χ1n) is 5.05. The van der Waals surface area contributed by atoms with E-state index in [2.05, 4.69) is 5.32 Å². The lowest BCUT2D eigenvalue weighted by Crippen LogP contribution is -2.48. The van der Waals surface area contributed by atoms with Crippen LogP contribution in [0.5, 0.6) is 0 Å². The Kier molecular flexibility index (Phi) is 5.93. The lowest BCUT2D eigenvalue weighted by Gasteiger charge is -2.21. The molecule has 0 fully saturated rings. The Labute approximate surface area is 89.8 Å². The molecule has 5 heteroatoms. The molecule has 2 atom stereocenters. The number of hydrogen-bond donors (Lipinski definition) is 2. The third kappa shape index (κ3) is 4.78. The van der Waals surface area contributed by atoms with Crippen molar-refractivity contribution in [1.82, 2.24) is 5.32 Å². The second-order valence-electron chi connectivity index (χ2n) is 3.70. The van der Waals surface area contributed by atoms with Crippen LogP contribution in [-0.2, 0) is 14.3 Å². The molecule has 0 aliphatic carbocycles. The number of carbonyl (C=O) groups excluding carboxylic acids is 1. The van der Waals surface area contributed by atoms with Crippen LogP contribution in [0.25, 0.3) is 0 Å². The van der Waals surface area contributed by atoms with Crippen LogP contribution in [0.2, 0.25) is 0 Å². The van der Waals surface area contributed by atoms with Crippen LogP contribution in [-0.4, -0.2) is 35.7 Å².